The maximum absolute atomic E-state index is 13.7. The number of rotatable bonds is 7. The molecule has 0 aromatic heterocycles. The number of aryl methyl sites for hydroxylation is 2. The van der Waals surface area contributed by atoms with Crippen LogP contribution in [0.1, 0.15) is 44.2 Å². The molecule has 0 radical (unpaired) electrons. The largest absolute Gasteiger partial charge is 2.00 e. The van der Waals surface area contributed by atoms with E-state index in [1.165, 1.54) is 12.1 Å². The number of hydrogen-bond donors (Lipinski definition) is 0. The van der Waals surface area contributed by atoms with Gasteiger partial charge in [0.05, 0.1) is 4.90 Å². The fourth-order valence-electron chi connectivity index (χ4n) is 2.46. The van der Waals surface area contributed by atoms with Crippen LogP contribution < -0.4 is 0 Å². The van der Waals surface area contributed by atoms with Crippen LogP contribution >= 0.6 is 0 Å². The number of sulfonamides is 1. The predicted octanol–water partition coefficient (Wildman–Crippen LogP) is 5.86. The molecule has 0 fully saturated rings. The van der Waals surface area contributed by atoms with E-state index >= 15 is 0 Å². The Morgan fingerprint density at radius 3 is 1.79 bits per heavy atom. The molecule has 0 spiro atoms. The van der Waals surface area contributed by atoms with E-state index in [4.69, 9.17) is 0 Å². The van der Waals surface area contributed by atoms with Crippen molar-refractivity contribution in [1.29, 1.82) is 0 Å². The van der Waals surface area contributed by atoms with Gasteiger partial charge in [0, 0.05) is 4.90 Å². The number of nitrogens with zero attached hydrogens (tertiary/aromatic N) is 1. The Morgan fingerprint density at radius 2 is 1.34 bits per heavy atom. The molecule has 0 heterocycles. The van der Waals surface area contributed by atoms with Gasteiger partial charge < -0.3 is 12.8 Å². The second-order valence-corrected chi connectivity index (χ2v) is 10.4. The average Bonchev–Trinajstić information content (AvgIpc) is 2.60. The molecule has 0 aliphatic rings. The maximum Gasteiger partial charge on any atom is 2.00 e. The third kappa shape index (κ3) is 7.80. The molecule has 0 N–H and O–H groups in total. The summed E-state index contributed by atoms with van der Waals surface area (Å²) in [7, 11) is -7.47. The summed E-state index contributed by atoms with van der Waals surface area (Å²) in [4.78, 5) is 0.376. The first-order valence-electron chi connectivity index (χ1n) is 8.93. The van der Waals surface area contributed by atoms with Crippen LogP contribution in [-0.4, -0.2) is 12.6 Å². The van der Waals surface area contributed by atoms with E-state index in [1.807, 2.05) is 20.8 Å². The molecule has 29 heavy (non-hydrogen) atoms. The van der Waals surface area contributed by atoms with E-state index < -0.39 is 19.8 Å². The number of unbranched alkanes of at least 4 members (excludes halogenated alkanes) is 1. The molecule has 0 bridgehead atoms. The second kappa shape index (κ2) is 11.8. The van der Waals surface area contributed by atoms with E-state index in [0.29, 0.717) is 11.3 Å². The minimum Gasteiger partial charge on any atom is -0.380 e. The van der Waals surface area contributed by atoms with Crippen molar-refractivity contribution in [2.24, 2.45) is 3.77 Å². The fraction of sp³-hybridized carbons (Fsp3) is 0.318. The first kappa shape index (κ1) is 27.7. The Balaban J connectivity index is 0.00000392. The van der Waals surface area contributed by atoms with Gasteiger partial charge in [-0.3, -0.25) is 4.21 Å². The third-order valence-corrected chi connectivity index (χ3v) is 8.11. The molecular formula is C22H29NO3S2Zn. The minimum absolute atomic E-state index is 0. The summed E-state index contributed by atoms with van der Waals surface area (Å²) in [6, 6.07) is 13.3. The molecule has 0 amide bonds. The molecule has 1 atom stereocenters. The van der Waals surface area contributed by atoms with Crippen molar-refractivity contribution in [3.8, 4) is 0 Å². The van der Waals surface area contributed by atoms with Gasteiger partial charge in [0.1, 0.15) is 0 Å². The van der Waals surface area contributed by atoms with Crippen LogP contribution in [0.15, 0.2) is 67.7 Å². The third-order valence-electron chi connectivity index (χ3n) is 4.08. The zero-order valence-electron chi connectivity index (χ0n) is 17.9. The van der Waals surface area contributed by atoms with E-state index in [9.17, 15) is 12.6 Å². The molecule has 0 saturated carbocycles. The summed E-state index contributed by atoms with van der Waals surface area (Å²) in [6.07, 6.45) is 2.62. The van der Waals surface area contributed by atoms with E-state index in [-0.39, 0.29) is 31.8 Å². The number of allylic oxidation sites excluding steroid dienone is 1. The summed E-state index contributed by atoms with van der Waals surface area (Å²) in [6.45, 7) is 7.67. The Hall–Kier alpha value is -1.30. The van der Waals surface area contributed by atoms with Gasteiger partial charge in [-0.25, -0.2) is 5.57 Å². The Morgan fingerprint density at radius 1 is 0.897 bits per heavy atom. The molecule has 0 aliphatic carbocycles. The van der Waals surface area contributed by atoms with E-state index in [0.717, 1.165) is 29.5 Å². The molecule has 0 aliphatic heterocycles. The van der Waals surface area contributed by atoms with Crippen LogP contribution in [-0.2, 0) is 39.2 Å². The van der Waals surface area contributed by atoms with Gasteiger partial charge in [-0.05, 0) is 47.8 Å². The first-order chi connectivity index (χ1) is 12.7. The molecule has 2 rings (SSSR count). The van der Waals surface area contributed by atoms with Crippen molar-refractivity contribution < 1.29 is 32.1 Å². The summed E-state index contributed by atoms with van der Waals surface area (Å²) in [5.41, 5.74) is 2.69. The van der Waals surface area contributed by atoms with Crippen LogP contribution in [0.3, 0.4) is 0 Å². The summed E-state index contributed by atoms with van der Waals surface area (Å²) in [5.74, 6) is 0. The van der Waals surface area contributed by atoms with Gasteiger partial charge in [0.25, 0.3) is 10.0 Å². The first-order valence-corrected chi connectivity index (χ1v) is 11.9. The smallest absolute Gasteiger partial charge is 0.380 e. The van der Waals surface area contributed by atoms with Crippen molar-refractivity contribution >= 4 is 19.8 Å². The van der Waals surface area contributed by atoms with Crippen molar-refractivity contribution in [1.82, 2.24) is 0 Å². The van der Waals surface area contributed by atoms with Crippen LogP contribution in [0, 0.1) is 26.7 Å². The molecule has 154 valence electrons. The summed E-state index contributed by atoms with van der Waals surface area (Å²) in [5, 5.41) is 2.90. The van der Waals surface area contributed by atoms with Gasteiger partial charge in [0.2, 0.25) is 0 Å². The van der Waals surface area contributed by atoms with Crippen molar-refractivity contribution in [3.63, 3.8) is 0 Å². The van der Waals surface area contributed by atoms with Crippen molar-refractivity contribution in [2.45, 2.75) is 56.7 Å². The molecule has 0 unspecified atom stereocenters. The maximum atomic E-state index is 13.7. The second-order valence-electron chi connectivity index (χ2n) is 6.69. The van der Waals surface area contributed by atoms with E-state index in [2.05, 4.69) is 16.1 Å². The zero-order valence-corrected chi connectivity index (χ0v) is 22.5. The number of benzene rings is 2. The standard InChI is InChI=1S/C21H26NO3S2.CH3.Zn/c1-5-6-7-19(4)16-26(23,20-12-8-17(2)9-13-20)22-27(24,25)21-14-10-18(3)11-15-21;;/h8-15H,5-7H2,1-4H3;1H3;/q2*-1;+2/t26-;;/m0../s1. The zero-order chi connectivity index (χ0) is 20.1. The monoisotopic (exact) mass is 483 g/mol. The van der Waals surface area contributed by atoms with Crippen LogP contribution in [0.25, 0.3) is 0 Å². The summed E-state index contributed by atoms with van der Waals surface area (Å²) >= 11 is 0. The molecular weight excluding hydrogens is 456 g/mol. The Kier molecular flexibility index (Phi) is 11.3. The normalized spacial score (nSPS) is 13.6. The molecule has 2 aromatic rings. The van der Waals surface area contributed by atoms with Crippen molar-refractivity contribution in [2.75, 3.05) is 0 Å². The number of hydrogen-bond acceptors (Lipinski definition) is 3. The molecule has 0 saturated heterocycles. The van der Waals surface area contributed by atoms with Gasteiger partial charge in [-0.1, -0.05) is 68.5 Å². The van der Waals surface area contributed by atoms with Crippen LogP contribution in [0.5, 0.6) is 0 Å². The predicted molar refractivity (Wildman–Crippen MR) is 117 cm³/mol. The molecule has 2 aromatic carbocycles. The quantitative estimate of drug-likeness (QED) is 0.365. The van der Waals surface area contributed by atoms with Crippen LogP contribution in [0.2, 0.25) is 0 Å². The Labute approximate surface area is 189 Å². The van der Waals surface area contributed by atoms with Gasteiger partial charge in [-0.2, -0.15) is 8.42 Å². The minimum atomic E-state index is -4.09. The van der Waals surface area contributed by atoms with Crippen molar-refractivity contribution in [3.05, 3.63) is 78.1 Å². The van der Waals surface area contributed by atoms with Crippen LogP contribution in [0.4, 0.5) is 0 Å². The summed E-state index contributed by atoms with van der Waals surface area (Å²) < 4.78 is 43.1. The molecule has 7 heteroatoms. The SMILES string of the molecule is CCCCC(C)=[C-][S@@](=O)(=NS(=O)(=O)c1ccc(C)cc1)c1ccc(C)cc1.[CH3-].[Zn+2]. The molecule has 4 nitrogen and oxygen atoms in total. The van der Waals surface area contributed by atoms with E-state index in [1.54, 1.807) is 36.4 Å². The van der Waals surface area contributed by atoms with Gasteiger partial charge >= 0.3 is 19.5 Å². The van der Waals surface area contributed by atoms with Gasteiger partial charge in [0.15, 0.2) is 0 Å². The van der Waals surface area contributed by atoms with Gasteiger partial charge in [-0.15, -0.1) is 3.77 Å². The fourth-order valence-corrected chi connectivity index (χ4v) is 6.08. The topological polar surface area (TPSA) is 63.6 Å². The average molecular weight is 485 g/mol. The Bertz CT molecular complexity index is 1030.